The van der Waals surface area contributed by atoms with E-state index in [-0.39, 0.29) is 5.02 Å². The van der Waals surface area contributed by atoms with E-state index in [0.29, 0.717) is 5.56 Å². The van der Waals surface area contributed by atoms with E-state index in [1.165, 1.54) is 6.07 Å². The van der Waals surface area contributed by atoms with Crippen LogP contribution >= 0.6 is 11.6 Å². The van der Waals surface area contributed by atoms with Crippen LogP contribution in [0.25, 0.3) is 10.8 Å². The van der Waals surface area contributed by atoms with Gasteiger partial charge in [0.25, 0.3) is 0 Å². The van der Waals surface area contributed by atoms with Gasteiger partial charge in [0.05, 0.1) is 11.1 Å². The molecule has 0 fully saturated rings. The number of fused-ring (bicyclic) bond motifs is 1. The Kier molecular flexibility index (Phi) is 3.84. The number of nitrogens with two attached hydrogens (primary N) is 1. The van der Waals surface area contributed by atoms with Crippen LogP contribution in [0.5, 0.6) is 0 Å². The Balaban J connectivity index is 2.21. The van der Waals surface area contributed by atoms with Crippen LogP contribution in [-0.4, -0.2) is 4.98 Å². The lowest BCUT2D eigenvalue weighted by atomic mass is 9.96. The number of aromatic nitrogens is 1. The Morgan fingerprint density at radius 2 is 1.86 bits per heavy atom. The molecule has 21 heavy (non-hydrogen) atoms. The van der Waals surface area contributed by atoms with E-state index in [1.807, 2.05) is 24.3 Å². The van der Waals surface area contributed by atoms with E-state index in [9.17, 15) is 4.39 Å². The number of hydrazine groups is 1. The minimum absolute atomic E-state index is 0.0703. The number of nitrogens with zero attached hydrogens (tertiary/aromatic N) is 1. The van der Waals surface area contributed by atoms with E-state index in [1.54, 1.807) is 24.5 Å². The SMILES string of the molecule is NNC(c1cccc(Cl)c1F)c1cncc2ccccc12. The molecule has 106 valence electrons. The third kappa shape index (κ3) is 2.49. The lowest BCUT2D eigenvalue weighted by Crippen LogP contribution is -2.29. The van der Waals surface area contributed by atoms with Gasteiger partial charge in [-0.2, -0.15) is 0 Å². The largest absolute Gasteiger partial charge is 0.271 e. The normalized spacial score (nSPS) is 12.5. The molecule has 0 spiro atoms. The number of benzene rings is 2. The number of rotatable bonds is 3. The van der Waals surface area contributed by atoms with Crippen LogP contribution < -0.4 is 11.3 Å². The monoisotopic (exact) mass is 301 g/mol. The highest BCUT2D eigenvalue weighted by Crippen LogP contribution is 2.31. The van der Waals surface area contributed by atoms with Gasteiger partial charge in [0.2, 0.25) is 0 Å². The maximum Gasteiger partial charge on any atom is 0.146 e. The quantitative estimate of drug-likeness (QED) is 0.574. The fourth-order valence-corrected chi connectivity index (χ4v) is 2.64. The van der Waals surface area contributed by atoms with Gasteiger partial charge in [-0.25, -0.2) is 9.82 Å². The van der Waals surface area contributed by atoms with Crippen LogP contribution in [-0.2, 0) is 0 Å². The van der Waals surface area contributed by atoms with Gasteiger partial charge in [0, 0.05) is 28.9 Å². The van der Waals surface area contributed by atoms with Gasteiger partial charge in [-0.05, 0) is 11.5 Å². The van der Waals surface area contributed by atoms with Gasteiger partial charge < -0.3 is 0 Å². The van der Waals surface area contributed by atoms with Crippen LogP contribution in [0.4, 0.5) is 4.39 Å². The van der Waals surface area contributed by atoms with Crippen LogP contribution in [0.15, 0.2) is 54.9 Å². The fourth-order valence-electron chi connectivity index (χ4n) is 2.46. The second-order valence-corrected chi connectivity index (χ2v) is 5.10. The van der Waals surface area contributed by atoms with Gasteiger partial charge in [0.1, 0.15) is 5.82 Å². The maximum absolute atomic E-state index is 14.3. The summed E-state index contributed by atoms with van der Waals surface area (Å²) >= 11 is 5.86. The Labute approximate surface area is 126 Å². The average molecular weight is 302 g/mol. The van der Waals surface area contributed by atoms with Crippen molar-refractivity contribution in [1.29, 1.82) is 0 Å². The lowest BCUT2D eigenvalue weighted by molar-refractivity contribution is 0.561. The molecule has 2 aromatic carbocycles. The van der Waals surface area contributed by atoms with Crippen LogP contribution in [0.2, 0.25) is 5.02 Å². The lowest BCUT2D eigenvalue weighted by Gasteiger charge is -2.19. The van der Waals surface area contributed by atoms with Crippen LogP contribution in [0, 0.1) is 5.82 Å². The summed E-state index contributed by atoms with van der Waals surface area (Å²) in [5, 5.41) is 2.01. The summed E-state index contributed by atoms with van der Waals surface area (Å²) in [4.78, 5) is 4.21. The summed E-state index contributed by atoms with van der Waals surface area (Å²) in [6.45, 7) is 0. The van der Waals surface area contributed by atoms with Gasteiger partial charge >= 0.3 is 0 Å². The summed E-state index contributed by atoms with van der Waals surface area (Å²) < 4.78 is 14.3. The molecule has 1 heterocycles. The predicted molar refractivity (Wildman–Crippen MR) is 82.3 cm³/mol. The molecule has 1 aromatic heterocycles. The topological polar surface area (TPSA) is 50.9 Å². The van der Waals surface area contributed by atoms with Crippen molar-refractivity contribution in [3.8, 4) is 0 Å². The van der Waals surface area contributed by atoms with E-state index in [0.717, 1.165) is 16.3 Å². The molecule has 3 rings (SSSR count). The molecule has 0 saturated carbocycles. The third-order valence-electron chi connectivity index (χ3n) is 3.47. The first kappa shape index (κ1) is 13.9. The molecule has 3 aromatic rings. The smallest absolute Gasteiger partial charge is 0.146 e. The molecule has 0 aliphatic heterocycles. The molecule has 0 aliphatic rings. The number of halogens is 2. The first-order valence-corrected chi connectivity index (χ1v) is 6.83. The highest BCUT2D eigenvalue weighted by molar-refractivity contribution is 6.30. The Morgan fingerprint density at radius 3 is 2.67 bits per heavy atom. The summed E-state index contributed by atoms with van der Waals surface area (Å²) in [6.07, 6.45) is 3.45. The van der Waals surface area contributed by atoms with Crippen molar-refractivity contribution < 1.29 is 4.39 Å². The van der Waals surface area contributed by atoms with Gasteiger partial charge in [-0.1, -0.05) is 48.0 Å². The zero-order valence-electron chi connectivity index (χ0n) is 11.1. The highest BCUT2D eigenvalue weighted by atomic mass is 35.5. The second-order valence-electron chi connectivity index (χ2n) is 4.69. The summed E-state index contributed by atoms with van der Waals surface area (Å²) in [6, 6.07) is 12.1. The van der Waals surface area contributed by atoms with Crippen molar-refractivity contribution >= 4 is 22.4 Å². The molecular weight excluding hydrogens is 289 g/mol. The Bertz CT molecular complexity index is 786. The zero-order valence-corrected chi connectivity index (χ0v) is 11.8. The van der Waals surface area contributed by atoms with Crippen molar-refractivity contribution in [2.24, 2.45) is 5.84 Å². The molecule has 0 amide bonds. The first-order chi connectivity index (χ1) is 10.2. The van der Waals surface area contributed by atoms with E-state index in [2.05, 4.69) is 10.4 Å². The van der Waals surface area contributed by atoms with E-state index in [4.69, 9.17) is 17.4 Å². The molecule has 1 atom stereocenters. The minimum Gasteiger partial charge on any atom is -0.271 e. The van der Waals surface area contributed by atoms with E-state index < -0.39 is 11.9 Å². The molecule has 0 radical (unpaired) electrons. The third-order valence-corrected chi connectivity index (χ3v) is 3.76. The van der Waals surface area contributed by atoms with Crippen molar-refractivity contribution in [3.63, 3.8) is 0 Å². The Hall–Kier alpha value is -2.01. The number of nitrogens with one attached hydrogen (secondary N) is 1. The van der Waals surface area contributed by atoms with Crippen molar-refractivity contribution in [2.45, 2.75) is 6.04 Å². The number of pyridine rings is 1. The van der Waals surface area contributed by atoms with Crippen molar-refractivity contribution in [1.82, 2.24) is 10.4 Å². The van der Waals surface area contributed by atoms with Gasteiger partial charge in [0.15, 0.2) is 0 Å². The molecule has 1 unspecified atom stereocenters. The number of hydrogen-bond donors (Lipinski definition) is 2. The summed E-state index contributed by atoms with van der Waals surface area (Å²) in [7, 11) is 0. The van der Waals surface area contributed by atoms with Gasteiger partial charge in [-0.15, -0.1) is 0 Å². The Morgan fingerprint density at radius 1 is 1.05 bits per heavy atom. The standard InChI is InChI=1S/C16H13ClFN3/c17-14-7-3-6-12(15(14)18)16(21-19)13-9-20-8-10-4-1-2-5-11(10)13/h1-9,16,21H,19H2. The summed E-state index contributed by atoms with van der Waals surface area (Å²) in [5.41, 5.74) is 3.85. The molecule has 0 bridgehead atoms. The minimum atomic E-state index is -0.526. The zero-order chi connectivity index (χ0) is 14.8. The molecular formula is C16H13ClFN3. The van der Waals surface area contributed by atoms with E-state index >= 15 is 0 Å². The number of hydrogen-bond acceptors (Lipinski definition) is 3. The second kappa shape index (κ2) is 5.77. The van der Waals surface area contributed by atoms with Crippen molar-refractivity contribution in [2.75, 3.05) is 0 Å². The fraction of sp³-hybridized carbons (Fsp3) is 0.0625. The van der Waals surface area contributed by atoms with Crippen molar-refractivity contribution in [3.05, 3.63) is 76.8 Å². The van der Waals surface area contributed by atoms with Crippen LogP contribution in [0.3, 0.4) is 0 Å². The van der Waals surface area contributed by atoms with Gasteiger partial charge in [-0.3, -0.25) is 10.8 Å². The molecule has 3 N–H and O–H groups in total. The predicted octanol–water partition coefficient (Wildman–Crippen LogP) is 3.58. The molecule has 3 nitrogen and oxygen atoms in total. The average Bonchev–Trinajstić information content (AvgIpc) is 2.52. The summed E-state index contributed by atoms with van der Waals surface area (Å²) in [5.74, 6) is 5.18. The molecule has 0 saturated heterocycles. The highest BCUT2D eigenvalue weighted by Gasteiger charge is 2.20. The first-order valence-electron chi connectivity index (χ1n) is 6.45. The molecule has 5 heteroatoms. The van der Waals surface area contributed by atoms with Crippen LogP contribution in [0.1, 0.15) is 17.2 Å². The maximum atomic E-state index is 14.3. The molecule has 0 aliphatic carbocycles.